The van der Waals surface area contributed by atoms with Crippen LogP contribution in [0.15, 0.2) is 28.9 Å². The minimum Gasteiger partial charge on any atom is -0.492 e. The Morgan fingerprint density at radius 1 is 1.55 bits per heavy atom. The van der Waals surface area contributed by atoms with Gasteiger partial charge in [0.2, 0.25) is 0 Å². The van der Waals surface area contributed by atoms with Gasteiger partial charge in [-0.05, 0) is 25.1 Å². The summed E-state index contributed by atoms with van der Waals surface area (Å²) in [6.07, 6.45) is 0.698. The lowest BCUT2D eigenvalue weighted by Gasteiger charge is -2.10. The number of nitrogens with two attached hydrogens (primary N) is 1. The van der Waals surface area contributed by atoms with Crippen LogP contribution in [0.25, 0.3) is 0 Å². The molecule has 0 fully saturated rings. The Morgan fingerprint density at radius 2 is 2.35 bits per heavy atom. The molecular weight excluding hydrogens is 281 g/mol. The van der Waals surface area contributed by atoms with Gasteiger partial charge in [-0.25, -0.2) is 9.37 Å². The van der Waals surface area contributed by atoms with Gasteiger partial charge in [0.05, 0.1) is 23.4 Å². The average molecular weight is 295 g/mol. The molecule has 2 aromatic rings. The highest BCUT2D eigenvalue weighted by atomic mass is 32.1. The monoisotopic (exact) mass is 295 g/mol. The number of hydrogen-bond donors (Lipinski definition) is 2. The van der Waals surface area contributed by atoms with Crippen molar-refractivity contribution in [3.8, 4) is 5.75 Å². The van der Waals surface area contributed by atoms with Gasteiger partial charge in [-0.1, -0.05) is 5.16 Å². The van der Waals surface area contributed by atoms with Gasteiger partial charge in [-0.2, -0.15) is 0 Å². The molecule has 0 bridgehead atoms. The zero-order valence-electron chi connectivity index (χ0n) is 10.8. The van der Waals surface area contributed by atoms with E-state index in [1.54, 1.807) is 16.8 Å². The molecule has 0 atom stereocenters. The molecular formula is C13H14FN3O2S. The first-order valence-electron chi connectivity index (χ1n) is 5.91. The fraction of sp³-hybridized carbons (Fsp3) is 0.231. The summed E-state index contributed by atoms with van der Waals surface area (Å²) < 4.78 is 18.8. The molecule has 0 aliphatic heterocycles. The van der Waals surface area contributed by atoms with Crippen LogP contribution in [-0.4, -0.2) is 22.6 Å². The molecule has 0 aliphatic rings. The lowest BCUT2D eigenvalue weighted by atomic mass is 10.2. The summed E-state index contributed by atoms with van der Waals surface area (Å²) in [5, 5.41) is 11.6. The Balaban J connectivity index is 2.08. The molecule has 0 spiro atoms. The zero-order valence-corrected chi connectivity index (χ0v) is 11.7. The third kappa shape index (κ3) is 3.24. The van der Waals surface area contributed by atoms with Crippen molar-refractivity contribution < 1.29 is 14.3 Å². The molecule has 0 aliphatic carbocycles. The highest BCUT2D eigenvalue weighted by Crippen LogP contribution is 2.20. The number of hydrogen-bond acceptors (Lipinski definition) is 5. The normalized spacial score (nSPS) is 11.6. The summed E-state index contributed by atoms with van der Waals surface area (Å²) in [5.41, 5.74) is 8.49. The van der Waals surface area contributed by atoms with E-state index >= 15 is 0 Å². The first kappa shape index (κ1) is 14.3. The van der Waals surface area contributed by atoms with Crippen LogP contribution in [0.5, 0.6) is 5.75 Å². The number of amidine groups is 1. The van der Waals surface area contributed by atoms with Gasteiger partial charge < -0.3 is 15.7 Å². The van der Waals surface area contributed by atoms with Gasteiger partial charge >= 0.3 is 0 Å². The third-order valence-corrected chi connectivity index (χ3v) is 3.75. The van der Waals surface area contributed by atoms with Crippen molar-refractivity contribution in [1.82, 2.24) is 4.98 Å². The van der Waals surface area contributed by atoms with Crippen LogP contribution in [0, 0.1) is 12.7 Å². The fourth-order valence-electron chi connectivity index (χ4n) is 1.70. The van der Waals surface area contributed by atoms with E-state index in [-0.39, 0.29) is 11.4 Å². The van der Waals surface area contributed by atoms with Gasteiger partial charge in [0.15, 0.2) is 5.84 Å². The molecule has 7 heteroatoms. The van der Waals surface area contributed by atoms with Crippen molar-refractivity contribution in [3.05, 3.63) is 45.7 Å². The van der Waals surface area contributed by atoms with Gasteiger partial charge in [-0.15, -0.1) is 11.3 Å². The second-order valence-corrected chi connectivity index (χ2v) is 5.02. The van der Waals surface area contributed by atoms with E-state index in [0.29, 0.717) is 18.8 Å². The van der Waals surface area contributed by atoms with E-state index < -0.39 is 5.82 Å². The van der Waals surface area contributed by atoms with Crippen LogP contribution in [0.3, 0.4) is 0 Å². The molecule has 1 aromatic heterocycles. The summed E-state index contributed by atoms with van der Waals surface area (Å²) in [4.78, 5) is 5.29. The van der Waals surface area contributed by atoms with Crippen molar-refractivity contribution in [1.29, 1.82) is 0 Å². The number of rotatable bonds is 5. The second-order valence-electron chi connectivity index (χ2n) is 4.09. The maximum atomic E-state index is 13.2. The van der Waals surface area contributed by atoms with Crippen LogP contribution in [0.2, 0.25) is 0 Å². The summed E-state index contributed by atoms with van der Waals surface area (Å²) in [5.74, 6) is -0.283. The smallest absolute Gasteiger partial charge is 0.173 e. The van der Waals surface area contributed by atoms with Crippen molar-refractivity contribution in [2.24, 2.45) is 10.9 Å². The maximum Gasteiger partial charge on any atom is 0.173 e. The SMILES string of the molecule is Cc1ncsc1CCOc1ccc(F)cc1C(N)=NO. The van der Waals surface area contributed by atoms with Crippen molar-refractivity contribution in [2.75, 3.05) is 6.61 Å². The van der Waals surface area contributed by atoms with E-state index in [0.717, 1.165) is 10.6 Å². The largest absolute Gasteiger partial charge is 0.492 e. The first-order valence-corrected chi connectivity index (χ1v) is 6.79. The van der Waals surface area contributed by atoms with Crippen LogP contribution < -0.4 is 10.5 Å². The minimum absolute atomic E-state index is 0.187. The van der Waals surface area contributed by atoms with E-state index in [1.165, 1.54) is 18.2 Å². The molecule has 20 heavy (non-hydrogen) atoms. The predicted octanol–water partition coefficient (Wildman–Crippen LogP) is 2.31. The Morgan fingerprint density at radius 3 is 3.00 bits per heavy atom. The van der Waals surface area contributed by atoms with E-state index in [2.05, 4.69) is 10.1 Å². The lowest BCUT2D eigenvalue weighted by molar-refractivity contribution is 0.313. The average Bonchev–Trinajstić information content (AvgIpc) is 2.85. The molecule has 2 rings (SSSR count). The van der Waals surface area contributed by atoms with Crippen molar-refractivity contribution in [3.63, 3.8) is 0 Å². The third-order valence-electron chi connectivity index (χ3n) is 2.76. The molecule has 0 amide bonds. The number of nitrogens with zero attached hydrogens (tertiary/aromatic N) is 2. The number of aromatic nitrogens is 1. The van der Waals surface area contributed by atoms with Gasteiger partial charge in [0.1, 0.15) is 11.6 Å². The number of thiazole rings is 1. The van der Waals surface area contributed by atoms with E-state index in [1.807, 2.05) is 6.92 Å². The Labute approximate surface area is 119 Å². The molecule has 0 unspecified atom stereocenters. The predicted molar refractivity (Wildman–Crippen MR) is 75.0 cm³/mol. The zero-order chi connectivity index (χ0) is 14.5. The van der Waals surface area contributed by atoms with Crippen molar-refractivity contribution >= 4 is 17.2 Å². The summed E-state index contributed by atoms with van der Waals surface area (Å²) in [6, 6.07) is 3.89. The van der Waals surface area contributed by atoms with Gasteiger partial charge in [-0.3, -0.25) is 0 Å². The number of benzene rings is 1. The number of oxime groups is 1. The highest BCUT2D eigenvalue weighted by Gasteiger charge is 2.10. The highest BCUT2D eigenvalue weighted by molar-refractivity contribution is 7.09. The molecule has 0 saturated carbocycles. The van der Waals surface area contributed by atoms with E-state index in [9.17, 15) is 4.39 Å². The number of ether oxygens (including phenoxy) is 1. The molecule has 0 radical (unpaired) electrons. The number of aryl methyl sites for hydroxylation is 1. The summed E-state index contributed by atoms with van der Waals surface area (Å²) >= 11 is 1.56. The molecule has 0 saturated heterocycles. The quantitative estimate of drug-likeness (QED) is 0.384. The Bertz CT molecular complexity index is 628. The molecule has 5 nitrogen and oxygen atoms in total. The molecule has 3 N–H and O–H groups in total. The molecule has 106 valence electrons. The fourth-order valence-corrected chi connectivity index (χ4v) is 2.46. The molecule has 1 aromatic carbocycles. The van der Waals surface area contributed by atoms with Crippen LogP contribution in [-0.2, 0) is 6.42 Å². The van der Waals surface area contributed by atoms with E-state index in [4.69, 9.17) is 15.7 Å². The first-order chi connectivity index (χ1) is 9.61. The van der Waals surface area contributed by atoms with Crippen LogP contribution in [0.4, 0.5) is 4.39 Å². The topological polar surface area (TPSA) is 80.7 Å². The summed E-state index contributed by atoms with van der Waals surface area (Å²) in [7, 11) is 0. The van der Waals surface area contributed by atoms with Crippen LogP contribution in [0.1, 0.15) is 16.1 Å². The summed E-state index contributed by atoms with van der Waals surface area (Å²) in [6.45, 7) is 2.34. The Hall–Kier alpha value is -2.15. The minimum atomic E-state index is -0.475. The maximum absolute atomic E-state index is 13.2. The van der Waals surface area contributed by atoms with Gasteiger partial charge in [0.25, 0.3) is 0 Å². The lowest BCUT2D eigenvalue weighted by Crippen LogP contribution is -2.16. The Kier molecular flexibility index (Phi) is 4.52. The standard InChI is InChI=1S/C13H14FN3O2S/c1-8-12(20-7-16-8)4-5-19-11-3-2-9(14)6-10(11)13(15)17-18/h2-3,6-7,18H,4-5H2,1H3,(H2,15,17). The van der Waals surface area contributed by atoms with Crippen LogP contribution >= 0.6 is 11.3 Å². The molecule has 1 heterocycles. The second kappa shape index (κ2) is 6.33. The van der Waals surface area contributed by atoms with Gasteiger partial charge in [0, 0.05) is 11.3 Å². The van der Waals surface area contributed by atoms with Crippen molar-refractivity contribution in [2.45, 2.75) is 13.3 Å². The number of halogens is 1.